The second-order valence-corrected chi connectivity index (χ2v) is 6.64. The Kier molecular flexibility index (Phi) is 3.47. The van der Waals surface area contributed by atoms with Gasteiger partial charge in [-0.3, -0.25) is 0 Å². The van der Waals surface area contributed by atoms with Crippen molar-refractivity contribution in [1.29, 1.82) is 0 Å². The number of rotatable bonds is 2. The molecule has 1 saturated heterocycles. The van der Waals surface area contributed by atoms with E-state index in [-0.39, 0.29) is 5.57 Å². The highest BCUT2D eigenvalue weighted by Crippen LogP contribution is 2.54. The summed E-state index contributed by atoms with van der Waals surface area (Å²) in [7, 11) is 0. The average molecular weight is 342 g/mol. The number of benzene rings is 1. The molecule has 1 aromatic carbocycles. The fraction of sp³-hybridized carbons (Fsp3) is 0.368. The molecular formula is C19H18O6. The number of carbonyl (C=O) groups is 2. The summed E-state index contributed by atoms with van der Waals surface area (Å²) in [6, 6.07) is 3.82. The third kappa shape index (κ3) is 2.28. The minimum absolute atomic E-state index is 0.250. The lowest BCUT2D eigenvalue weighted by Crippen LogP contribution is -2.14. The third-order valence-corrected chi connectivity index (χ3v) is 5.18. The third-order valence-electron chi connectivity index (χ3n) is 5.18. The minimum Gasteiger partial charge on any atom is -0.458 e. The SMILES string of the molecule is CC1=C[C@H](O/C=C2/C(=O)O[C@H]3c4c(ccc(C)c4C)[C@H](O)[C@@H]23)OC1=O. The topological polar surface area (TPSA) is 82.1 Å². The van der Waals surface area contributed by atoms with E-state index in [9.17, 15) is 14.7 Å². The van der Waals surface area contributed by atoms with Crippen LogP contribution in [0.15, 0.2) is 35.6 Å². The highest BCUT2D eigenvalue weighted by Gasteiger charge is 2.52. The smallest absolute Gasteiger partial charge is 0.338 e. The number of esters is 2. The van der Waals surface area contributed by atoms with Crippen molar-refractivity contribution in [3.05, 3.63) is 57.9 Å². The first-order chi connectivity index (χ1) is 11.9. The van der Waals surface area contributed by atoms with Crippen molar-refractivity contribution in [2.24, 2.45) is 5.92 Å². The Balaban J connectivity index is 1.65. The predicted octanol–water partition coefficient (Wildman–Crippen LogP) is 2.29. The van der Waals surface area contributed by atoms with Gasteiger partial charge in [0, 0.05) is 17.2 Å². The van der Waals surface area contributed by atoms with Gasteiger partial charge in [0.25, 0.3) is 6.29 Å². The van der Waals surface area contributed by atoms with Gasteiger partial charge in [0.05, 0.1) is 23.9 Å². The van der Waals surface area contributed by atoms with Crippen LogP contribution in [0.25, 0.3) is 0 Å². The standard InChI is InChI=1S/C19H18O6/c1-8-4-5-11-14(10(8)3)17-15(16(11)20)12(19(22)25-17)7-23-13-6-9(2)18(21)24-13/h4-7,13,15-17,20H,1-3H3/b12-7+/t13-,15-,16+,17+/m1/s1. The van der Waals surface area contributed by atoms with Crippen LogP contribution in [0.2, 0.25) is 0 Å². The lowest BCUT2D eigenvalue weighted by molar-refractivity contribution is -0.152. The molecule has 4 rings (SSSR count). The van der Waals surface area contributed by atoms with Crippen LogP contribution in [0.3, 0.4) is 0 Å². The van der Waals surface area contributed by atoms with Gasteiger partial charge in [-0.1, -0.05) is 12.1 Å². The van der Waals surface area contributed by atoms with Gasteiger partial charge in [0.1, 0.15) is 6.10 Å². The first kappa shape index (κ1) is 15.9. The number of carbonyl (C=O) groups excluding carboxylic acids is 2. The predicted molar refractivity (Wildman–Crippen MR) is 86.0 cm³/mol. The van der Waals surface area contributed by atoms with E-state index in [1.165, 1.54) is 12.3 Å². The molecule has 130 valence electrons. The molecule has 0 bridgehead atoms. The largest absolute Gasteiger partial charge is 0.458 e. The molecule has 0 aromatic heterocycles. The molecule has 1 N–H and O–H groups in total. The summed E-state index contributed by atoms with van der Waals surface area (Å²) in [5.41, 5.74) is 4.45. The van der Waals surface area contributed by atoms with Crippen molar-refractivity contribution in [3.63, 3.8) is 0 Å². The summed E-state index contributed by atoms with van der Waals surface area (Å²) in [4.78, 5) is 23.6. The zero-order chi connectivity index (χ0) is 17.9. The maximum Gasteiger partial charge on any atom is 0.338 e. The Bertz CT molecular complexity index is 850. The molecule has 25 heavy (non-hydrogen) atoms. The van der Waals surface area contributed by atoms with E-state index in [1.807, 2.05) is 26.0 Å². The molecule has 0 radical (unpaired) electrons. The molecule has 2 heterocycles. The highest BCUT2D eigenvalue weighted by molar-refractivity contribution is 5.92. The number of ether oxygens (including phenoxy) is 3. The molecule has 0 spiro atoms. The normalized spacial score (nSPS) is 31.5. The second-order valence-electron chi connectivity index (χ2n) is 6.64. The fourth-order valence-electron chi connectivity index (χ4n) is 3.66. The first-order valence-corrected chi connectivity index (χ1v) is 8.12. The van der Waals surface area contributed by atoms with Crippen molar-refractivity contribution in [2.45, 2.75) is 39.3 Å². The summed E-state index contributed by atoms with van der Waals surface area (Å²) in [6.07, 6.45) is 0.554. The molecule has 1 aromatic rings. The van der Waals surface area contributed by atoms with Gasteiger partial charge in [-0.25, -0.2) is 9.59 Å². The summed E-state index contributed by atoms with van der Waals surface area (Å²) in [5, 5.41) is 10.7. The zero-order valence-electron chi connectivity index (χ0n) is 14.1. The number of fused-ring (bicyclic) bond motifs is 3. The first-order valence-electron chi connectivity index (χ1n) is 8.12. The molecule has 1 aliphatic carbocycles. The van der Waals surface area contributed by atoms with E-state index in [4.69, 9.17) is 14.2 Å². The second kappa shape index (κ2) is 5.46. The number of aliphatic hydroxyl groups excluding tert-OH is 1. The maximum atomic E-state index is 12.3. The summed E-state index contributed by atoms with van der Waals surface area (Å²) >= 11 is 0. The number of aryl methyl sites for hydroxylation is 1. The highest BCUT2D eigenvalue weighted by atomic mass is 16.7. The van der Waals surface area contributed by atoms with Gasteiger partial charge < -0.3 is 19.3 Å². The van der Waals surface area contributed by atoms with Gasteiger partial charge in [-0.05, 0) is 37.5 Å². The van der Waals surface area contributed by atoms with Crippen molar-refractivity contribution in [1.82, 2.24) is 0 Å². The molecule has 1 fully saturated rings. The molecule has 6 heteroatoms. The average Bonchev–Trinajstić information content (AvgIpc) is 3.15. The van der Waals surface area contributed by atoms with Gasteiger partial charge in [0.2, 0.25) is 0 Å². The van der Waals surface area contributed by atoms with E-state index in [0.29, 0.717) is 5.57 Å². The molecule has 4 atom stereocenters. The van der Waals surface area contributed by atoms with Crippen LogP contribution in [0.4, 0.5) is 0 Å². The number of hydrogen-bond acceptors (Lipinski definition) is 6. The molecule has 0 amide bonds. The van der Waals surface area contributed by atoms with E-state index < -0.39 is 36.4 Å². The maximum absolute atomic E-state index is 12.3. The van der Waals surface area contributed by atoms with E-state index in [1.54, 1.807) is 6.92 Å². The van der Waals surface area contributed by atoms with Crippen LogP contribution < -0.4 is 0 Å². The zero-order valence-corrected chi connectivity index (χ0v) is 14.1. The molecular weight excluding hydrogens is 324 g/mol. The van der Waals surface area contributed by atoms with Crippen LogP contribution in [-0.4, -0.2) is 23.3 Å². The molecule has 3 aliphatic rings. The van der Waals surface area contributed by atoms with Crippen LogP contribution in [0.1, 0.15) is 41.4 Å². The Hall–Kier alpha value is -2.60. The quantitative estimate of drug-likeness (QED) is 0.504. The van der Waals surface area contributed by atoms with Gasteiger partial charge in [0.15, 0.2) is 0 Å². The fourth-order valence-corrected chi connectivity index (χ4v) is 3.66. The minimum atomic E-state index is -0.864. The van der Waals surface area contributed by atoms with E-state index in [2.05, 4.69) is 0 Å². The molecule has 0 saturated carbocycles. The molecule has 2 aliphatic heterocycles. The Morgan fingerprint density at radius 1 is 1.12 bits per heavy atom. The van der Waals surface area contributed by atoms with Gasteiger partial charge in [-0.15, -0.1) is 0 Å². The van der Waals surface area contributed by atoms with E-state index in [0.717, 1.165) is 22.3 Å². The van der Waals surface area contributed by atoms with Crippen LogP contribution >= 0.6 is 0 Å². The lowest BCUT2D eigenvalue weighted by Gasteiger charge is -2.13. The Morgan fingerprint density at radius 3 is 2.56 bits per heavy atom. The van der Waals surface area contributed by atoms with Crippen molar-refractivity contribution >= 4 is 11.9 Å². The number of hydrogen-bond donors (Lipinski definition) is 1. The Morgan fingerprint density at radius 2 is 1.88 bits per heavy atom. The molecule has 6 nitrogen and oxygen atoms in total. The lowest BCUT2D eigenvalue weighted by atomic mass is 9.95. The van der Waals surface area contributed by atoms with Crippen LogP contribution in [0.5, 0.6) is 0 Å². The van der Waals surface area contributed by atoms with Crippen molar-refractivity contribution in [2.75, 3.05) is 0 Å². The van der Waals surface area contributed by atoms with Gasteiger partial charge in [-0.2, -0.15) is 0 Å². The number of cyclic esters (lactones) is 1. The van der Waals surface area contributed by atoms with Crippen molar-refractivity contribution in [3.8, 4) is 0 Å². The summed E-state index contributed by atoms with van der Waals surface area (Å²) in [6.45, 7) is 5.57. The van der Waals surface area contributed by atoms with E-state index >= 15 is 0 Å². The van der Waals surface area contributed by atoms with Gasteiger partial charge >= 0.3 is 11.9 Å². The number of aliphatic hydroxyl groups is 1. The van der Waals surface area contributed by atoms with Crippen LogP contribution in [0, 0.1) is 19.8 Å². The summed E-state index contributed by atoms with van der Waals surface area (Å²) in [5.74, 6) is -1.49. The monoisotopic (exact) mass is 342 g/mol. The Labute approximate surface area is 144 Å². The van der Waals surface area contributed by atoms with Crippen LogP contribution in [-0.2, 0) is 23.8 Å². The summed E-state index contributed by atoms with van der Waals surface area (Å²) < 4.78 is 15.9. The van der Waals surface area contributed by atoms with Crippen molar-refractivity contribution < 1.29 is 28.9 Å². The molecule has 0 unspecified atom stereocenters.